The van der Waals surface area contributed by atoms with Crippen molar-refractivity contribution in [1.29, 1.82) is 0 Å². The molecule has 14 heavy (non-hydrogen) atoms. The fourth-order valence-corrected chi connectivity index (χ4v) is 1.37. The lowest BCUT2D eigenvalue weighted by Crippen LogP contribution is -1.96. The molecule has 2 aromatic carbocycles. The highest BCUT2D eigenvalue weighted by Gasteiger charge is 1.95. The molecule has 0 atom stereocenters. The Labute approximate surface area is 82.1 Å². The van der Waals surface area contributed by atoms with Gasteiger partial charge in [0.05, 0.1) is 0 Å². The van der Waals surface area contributed by atoms with Crippen molar-refractivity contribution in [3.8, 4) is 5.75 Å². The van der Waals surface area contributed by atoms with Gasteiger partial charge in [0.1, 0.15) is 5.75 Å². The van der Waals surface area contributed by atoms with Gasteiger partial charge in [-0.1, -0.05) is 30.3 Å². The molecule has 2 nitrogen and oxygen atoms in total. The Morgan fingerprint density at radius 2 is 1.86 bits per heavy atom. The van der Waals surface area contributed by atoms with Crippen molar-refractivity contribution >= 4 is 17.1 Å². The molecule has 0 aliphatic heterocycles. The first-order chi connectivity index (χ1) is 6.90. The molecule has 2 rings (SSSR count). The van der Waals surface area contributed by atoms with Crippen LogP contribution in [0.4, 0.5) is 0 Å². The fraction of sp³-hybridized carbons (Fsp3) is 0.0833. The first kappa shape index (κ1) is 8.75. The van der Waals surface area contributed by atoms with Crippen molar-refractivity contribution in [2.75, 3.05) is 6.61 Å². The van der Waals surface area contributed by atoms with E-state index in [1.165, 1.54) is 0 Å². The molecule has 69 valence electrons. The van der Waals surface area contributed by atoms with Gasteiger partial charge in [-0.3, -0.25) is 4.79 Å². The quantitative estimate of drug-likeness (QED) is 0.733. The summed E-state index contributed by atoms with van der Waals surface area (Å²) in [7, 11) is 0. The number of benzene rings is 2. The van der Waals surface area contributed by atoms with E-state index in [4.69, 9.17) is 4.74 Å². The molecule has 0 unspecified atom stereocenters. The summed E-state index contributed by atoms with van der Waals surface area (Å²) in [5.41, 5.74) is 0. The zero-order chi connectivity index (χ0) is 9.80. The molecule has 0 bridgehead atoms. The predicted octanol–water partition coefficient (Wildman–Crippen LogP) is 2.33. The maximum absolute atomic E-state index is 9.99. The molecule has 0 saturated carbocycles. The fourth-order valence-electron chi connectivity index (χ4n) is 1.37. The molecule has 0 aliphatic carbocycles. The number of ether oxygens (including phenoxy) is 1. The molecular weight excluding hydrogens is 176 g/mol. The van der Waals surface area contributed by atoms with Crippen LogP contribution in [0, 0.1) is 0 Å². The molecular formula is C12H9O2. The number of hydrogen-bond acceptors (Lipinski definition) is 2. The van der Waals surface area contributed by atoms with Crippen molar-refractivity contribution in [2.45, 2.75) is 0 Å². The molecule has 0 aliphatic rings. The second-order valence-corrected chi connectivity index (χ2v) is 2.94. The lowest BCUT2D eigenvalue weighted by molar-refractivity contribution is 0.365. The number of fused-ring (bicyclic) bond motifs is 1. The maximum Gasteiger partial charge on any atom is 0.239 e. The van der Waals surface area contributed by atoms with Gasteiger partial charge in [0.15, 0.2) is 6.61 Å². The molecule has 0 amide bonds. The van der Waals surface area contributed by atoms with Crippen molar-refractivity contribution in [2.24, 2.45) is 0 Å². The third-order valence-electron chi connectivity index (χ3n) is 2.02. The van der Waals surface area contributed by atoms with E-state index in [-0.39, 0.29) is 6.61 Å². The molecule has 2 heteroatoms. The summed E-state index contributed by atoms with van der Waals surface area (Å²) in [6.45, 7) is -0.0155. The average Bonchev–Trinajstić information content (AvgIpc) is 2.26. The Balaban J connectivity index is 2.36. The summed E-state index contributed by atoms with van der Waals surface area (Å²) in [4.78, 5) is 9.99. The summed E-state index contributed by atoms with van der Waals surface area (Å²) >= 11 is 0. The van der Waals surface area contributed by atoms with Crippen LogP contribution in [0.5, 0.6) is 5.75 Å². The minimum Gasteiger partial charge on any atom is -0.485 e. The Morgan fingerprint density at radius 3 is 2.64 bits per heavy atom. The normalized spacial score (nSPS) is 10.0. The van der Waals surface area contributed by atoms with Gasteiger partial charge in [0.25, 0.3) is 0 Å². The zero-order valence-electron chi connectivity index (χ0n) is 7.57. The van der Waals surface area contributed by atoms with Crippen molar-refractivity contribution in [3.63, 3.8) is 0 Å². The second-order valence-electron chi connectivity index (χ2n) is 2.94. The summed E-state index contributed by atoms with van der Waals surface area (Å²) in [6, 6.07) is 13.7. The van der Waals surface area contributed by atoms with Gasteiger partial charge in [-0.2, -0.15) is 0 Å². The van der Waals surface area contributed by atoms with Crippen LogP contribution in [0.2, 0.25) is 0 Å². The van der Waals surface area contributed by atoms with Crippen molar-refractivity contribution in [1.82, 2.24) is 0 Å². The highest BCUT2D eigenvalue weighted by molar-refractivity contribution is 5.83. The van der Waals surface area contributed by atoms with E-state index in [1.54, 1.807) is 6.29 Å². The first-order valence-corrected chi connectivity index (χ1v) is 4.37. The SMILES string of the molecule is O=[C]COc1ccc2ccccc2c1. The molecule has 2 aromatic rings. The Hall–Kier alpha value is -1.83. The van der Waals surface area contributed by atoms with E-state index in [0.717, 1.165) is 10.8 Å². The van der Waals surface area contributed by atoms with Gasteiger partial charge in [0.2, 0.25) is 6.29 Å². The van der Waals surface area contributed by atoms with Crippen LogP contribution in [0.15, 0.2) is 42.5 Å². The van der Waals surface area contributed by atoms with Crippen LogP contribution in [0.25, 0.3) is 10.8 Å². The smallest absolute Gasteiger partial charge is 0.239 e. The maximum atomic E-state index is 9.99. The third kappa shape index (κ3) is 1.74. The van der Waals surface area contributed by atoms with Gasteiger partial charge in [0, 0.05) is 0 Å². The van der Waals surface area contributed by atoms with Crippen LogP contribution < -0.4 is 4.74 Å². The van der Waals surface area contributed by atoms with Gasteiger partial charge in [-0.05, 0) is 22.9 Å². The van der Waals surface area contributed by atoms with E-state index in [2.05, 4.69) is 0 Å². The van der Waals surface area contributed by atoms with E-state index < -0.39 is 0 Å². The molecule has 0 spiro atoms. The minimum absolute atomic E-state index is 0.0155. The van der Waals surface area contributed by atoms with Crippen LogP contribution >= 0.6 is 0 Å². The zero-order valence-corrected chi connectivity index (χ0v) is 7.57. The summed E-state index contributed by atoms with van der Waals surface area (Å²) in [5, 5.41) is 2.27. The van der Waals surface area contributed by atoms with Gasteiger partial charge in [-0.15, -0.1) is 0 Å². The van der Waals surface area contributed by atoms with Crippen molar-refractivity contribution in [3.05, 3.63) is 42.5 Å². The summed E-state index contributed by atoms with van der Waals surface area (Å²) < 4.78 is 5.14. The Morgan fingerprint density at radius 1 is 1.07 bits per heavy atom. The van der Waals surface area contributed by atoms with Gasteiger partial charge >= 0.3 is 0 Å². The molecule has 1 radical (unpaired) electrons. The second kappa shape index (κ2) is 3.92. The lowest BCUT2D eigenvalue weighted by Gasteiger charge is -2.03. The average molecular weight is 185 g/mol. The largest absolute Gasteiger partial charge is 0.485 e. The first-order valence-electron chi connectivity index (χ1n) is 4.37. The number of hydrogen-bond donors (Lipinski definition) is 0. The van der Waals surface area contributed by atoms with E-state index >= 15 is 0 Å². The van der Waals surface area contributed by atoms with Crippen molar-refractivity contribution < 1.29 is 9.53 Å². The number of rotatable bonds is 3. The van der Waals surface area contributed by atoms with Crippen LogP contribution in [0.1, 0.15) is 0 Å². The predicted molar refractivity (Wildman–Crippen MR) is 55.1 cm³/mol. The Bertz CT molecular complexity index is 449. The molecule has 0 saturated heterocycles. The van der Waals surface area contributed by atoms with Crippen LogP contribution in [-0.4, -0.2) is 12.9 Å². The van der Waals surface area contributed by atoms with Crippen LogP contribution in [0.3, 0.4) is 0 Å². The van der Waals surface area contributed by atoms with E-state index in [1.807, 2.05) is 42.5 Å². The third-order valence-corrected chi connectivity index (χ3v) is 2.02. The van der Waals surface area contributed by atoms with E-state index in [9.17, 15) is 4.79 Å². The van der Waals surface area contributed by atoms with Gasteiger partial charge < -0.3 is 4.74 Å². The summed E-state index contributed by atoms with van der Waals surface area (Å²) in [6.07, 6.45) is 1.69. The lowest BCUT2D eigenvalue weighted by atomic mass is 10.1. The topological polar surface area (TPSA) is 26.3 Å². The molecule has 0 aromatic heterocycles. The molecule has 0 N–H and O–H groups in total. The highest BCUT2D eigenvalue weighted by atomic mass is 16.5. The Kier molecular flexibility index (Phi) is 2.45. The monoisotopic (exact) mass is 185 g/mol. The van der Waals surface area contributed by atoms with E-state index in [0.29, 0.717) is 5.75 Å². The molecule has 0 fully saturated rings. The minimum atomic E-state index is -0.0155. The highest BCUT2D eigenvalue weighted by Crippen LogP contribution is 2.20. The standard InChI is InChI=1S/C12H9O2/c13-7-8-14-12-6-5-10-3-1-2-4-11(10)9-12/h1-6,9H,8H2. The van der Waals surface area contributed by atoms with Crippen LogP contribution in [-0.2, 0) is 4.79 Å². The summed E-state index contributed by atoms with van der Waals surface area (Å²) in [5.74, 6) is 0.701. The van der Waals surface area contributed by atoms with Gasteiger partial charge in [-0.25, -0.2) is 0 Å². The molecule has 0 heterocycles. The number of carbonyl (C=O) groups excluding carboxylic acids is 1.